The third-order valence-electron chi connectivity index (χ3n) is 2.95. The van der Waals surface area contributed by atoms with Gasteiger partial charge in [-0.1, -0.05) is 5.16 Å². The van der Waals surface area contributed by atoms with Gasteiger partial charge in [-0.3, -0.25) is 0 Å². The molecule has 0 spiro atoms. The van der Waals surface area contributed by atoms with E-state index >= 15 is 0 Å². The van der Waals surface area contributed by atoms with Crippen molar-refractivity contribution in [2.45, 2.75) is 6.92 Å². The number of aromatic hydroxyl groups is 1. The summed E-state index contributed by atoms with van der Waals surface area (Å²) in [6.07, 6.45) is 1.36. The average Bonchev–Trinajstić information content (AvgIpc) is 2.58. The summed E-state index contributed by atoms with van der Waals surface area (Å²) in [7, 11) is 1.55. The summed E-state index contributed by atoms with van der Waals surface area (Å²) in [6, 6.07) is 11.2. The summed E-state index contributed by atoms with van der Waals surface area (Å²) in [4.78, 5) is 16.6. The molecule has 0 bridgehead atoms. The van der Waals surface area contributed by atoms with Crippen molar-refractivity contribution in [1.29, 1.82) is 0 Å². The van der Waals surface area contributed by atoms with Crippen molar-refractivity contribution < 1.29 is 24.2 Å². The zero-order valence-corrected chi connectivity index (χ0v) is 12.9. The van der Waals surface area contributed by atoms with Gasteiger partial charge in [-0.15, -0.1) is 0 Å². The van der Waals surface area contributed by atoms with Crippen LogP contribution in [0.1, 0.15) is 22.8 Å². The zero-order chi connectivity index (χ0) is 16.7. The van der Waals surface area contributed by atoms with Crippen LogP contribution in [-0.2, 0) is 4.84 Å². The Morgan fingerprint density at radius 2 is 1.96 bits per heavy atom. The molecule has 2 aromatic rings. The van der Waals surface area contributed by atoms with E-state index < -0.39 is 5.97 Å². The topological polar surface area (TPSA) is 77.4 Å². The molecule has 0 amide bonds. The van der Waals surface area contributed by atoms with E-state index in [0.717, 1.165) is 0 Å². The molecule has 2 rings (SSSR count). The second-order valence-corrected chi connectivity index (χ2v) is 4.50. The maximum atomic E-state index is 11.8. The largest absolute Gasteiger partial charge is 0.504 e. The van der Waals surface area contributed by atoms with Gasteiger partial charge in [0.05, 0.1) is 25.5 Å². The highest BCUT2D eigenvalue weighted by Crippen LogP contribution is 2.26. The maximum Gasteiger partial charge on any atom is 0.365 e. The smallest absolute Gasteiger partial charge is 0.365 e. The Kier molecular flexibility index (Phi) is 5.57. The first-order valence-electron chi connectivity index (χ1n) is 6.98. The van der Waals surface area contributed by atoms with Crippen LogP contribution in [0.3, 0.4) is 0 Å². The van der Waals surface area contributed by atoms with Crippen LogP contribution in [0, 0.1) is 0 Å². The van der Waals surface area contributed by atoms with Gasteiger partial charge in [0.25, 0.3) is 0 Å². The van der Waals surface area contributed by atoms with Crippen LogP contribution in [-0.4, -0.2) is 31.0 Å². The Labute approximate surface area is 133 Å². The number of carbonyl (C=O) groups is 1. The van der Waals surface area contributed by atoms with E-state index in [1.54, 1.807) is 43.5 Å². The summed E-state index contributed by atoms with van der Waals surface area (Å²) in [6.45, 7) is 2.25. The molecule has 0 fully saturated rings. The van der Waals surface area contributed by atoms with Crippen molar-refractivity contribution in [2.24, 2.45) is 5.16 Å². The third-order valence-corrected chi connectivity index (χ3v) is 2.95. The Morgan fingerprint density at radius 1 is 1.22 bits per heavy atom. The standard InChI is InChI=1S/C17H17NO5/c1-3-22-16-10-12(4-9-15(16)19)11-18-23-17(20)13-5-7-14(21-2)8-6-13/h4-11,19H,3H2,1-2H3/b18-11+. The maximum absolute atomic E-state index is 11.8. The van der Waals surface area contributed by atoms with Crippen molar-refractivity contribution in [2.75, 3.05) is 13.7 Å². The van der Waals surface area contributed by atoms with Gasteiger partial charge in [0, 0.05) is 5.56 Å². The van der Waals surface area contributed by atoms with E-state index in [0.29, 0.717) is 29.2 Å². The van der Waals surface area contributed by atoms with Crippen molar-refractivity contribution >= 4 is 12.2 Å². The molecule has 1 N–H and O–H groups in total. The molecule has 6 nitrogen and oxygen atoms in total. The van der Waals surface area contributed by atoms with Crippen LogP contribution in [0.2, 0.25) is 0 Å². The number of hydrogen-bond donors (Lipinski definition) is 1. The van der Waals surface area contributed by atoms with Crippen LogP contribution in [0.4, 0.5) is 0 Å². The van der Waals surface area contributed by atoms with Gasteiger partial charge in [0.1, 0.15) is 5.75 Å². The van der Waals surface area contributed by atoms with E-state index in [9.17, 15) is 9.90 Å². The lowest BCUT2D eigenvalue weighted by atomic mass is 10.2. The molecule has 0 unspecified atom stereocenters. The Morgan fingerprint density at radius 3 is 2.61 bits per heavy atom. The molecule has 2 aromatic carbocycles. The summed E-state index contributed by atoms with van der Waals surface area (Å²) >= 11 is 0. The molecule has 0 heterocycles. The van der Waals surface area contributed by atoms with E-state index in [1.165, 1.54) is 12.3 Å². The molecular formula is C17H17NO5. The number of rotatable bonds is 6. The highest BCUT2D eigenvalue weighted by atomic mass is 16.7. The quantitative estimate of drug-likeness (QED) is 0.504. The number of hydrogen-bond acceptors (Lipinski definition) is 6. The second-order valence-electron chi connectivity index (χ2n) is 4.50. The second kappa shape index (κ2) is 7.84. The van der Waals surface area contributed by atoms with Crippen LogP contribution in [0.15, 0.2) is 47.6 Å². The van der Waals surface area contributed by atoms with E-state index in [2.05, 4.69) is 5.16 Å². The van der Waals surface area contributed by atoms with Crippen molar-refractivity contribution in [3.63, 3.8) is 0 Å². The zero-order valence-electron chi connectivity index (χ0n) is 12.9. The molecule has 0 aliphatic rings. The minimum Gasteiger partial charge on any atom is -0.504 e. The fourth-order valence-corrected chi connectivity index (χ4v) is 1.80. The molecule has 0 aliphatic carbocycles. The molecular weight excluding hydrogens is 298 g/mol. The number of benzene rings is 2. The first kappa shape index (κ1) is 16.4. The van der Waals surface area contributed by atoms with Gasteiger partial charge in [-0.05, 0) is 49.4 Å². The van der Waals surface area contributed by atoms with Gasteiger partial charge in [0.2, 0.25) is 0 Å². The highest BCUT2D eigenvalue weighted by Gasteiger charge is 2.07. The summed E-state index contributed by atoms with van der Waals surface area (Å²) in [5.74, 6) is 0.461. The Balaban J connectivity index is 2.00. The van der Waals surface area contributed by atoms with Crippen molar-refractivity contribution in [3.8, 4) is 17.2 Å². The van der Waals surface area contributed by atoms with Gasteiger partial charge in [0.15, 0.2) is 11.5 Å². The van der Waals surface area contributed by atoms with Crippen LogP contribution < -0.4 is 9.47 Å². The molecule has 0 saturated heterocycles. The van der Waals surface area contributed by atoms with Crippen molar-refractivity contribution in [3.05, 3.63) is 53.6 Å². The molecule has 0 aromatic heterocycles. The lowest BCUT2D eigenvalue weighted by Gasteiger charge is -2.05. The Hall–Kier alpha value is -3.02. The van der Waals surface area contributed by atoms with Gasteiger partial charge in [-0.2, -0.15) is 0 Å². The molecule has 6 heteroatoms. The van der Waals surface area contributed by atoms with Crippen LogP contribution in [0.25, 0.3) is 0 Å². The van der Waals surface area contributed by atoms with Gasteiger partial charge in [-0.25, -0.2) is 4.79 Å². The minimum absolute atomic E-state index is 0.0410. The summed E-state index contributed by atoms with van der Waals surface area (Å²) in [5.41, 5.74) is 0.998. The fraction of sp³-hybridized carbons (Fsp3) is 0.176. The first-order valence-corrected chi connectivity index (χ1v) is 6.98. The van der Waals surface area contributed by atoms with Crippen LogP contribution in [0.5, 0.6) is 17.2 Å². The molecule has 0 aliphatic heterocycles. The number of ether oxygens (including phenoxy) is 2. The Bertz CT molecular complexity index is 695. The minimum atomic E-state index is -0.576. The number of methoxy groups -OCH3 is 1. The molecule has 120 valence electrons. The third kappa shape index (κ3) is 4.47. The molecule has 0 atom stereocenters. The predicted octanol–water partition coefficient (Wildman–Crippen LogP) is 2.99. The lowest BCUT2D eigenvalue weighted by Crippen LogP contribution is -2.01. The van der Waals surface area contributed by atoms with E-state index in [1.807, 2.05) is 6.92 Å². The number of oxime groups is 1. The summed E-state index contributed by atoms with van der Waals surface area (Å²) in [5, 5.41) is 13.3. The average molecular weight is 315 g/mol. The van der Waals surface area contributed by atoms with E-state index in [4.69, 9.17) is 14.3 Å². The molecule has 0 radical (unpaired) electrons. The number of phenols is 1. The number of nitrogens with zero attached hydrogens (tertiary/aromatic N) is 1. The van der Waals surface area contributed by atoms with Gasteiger partial charge >= 0.3 is 5.97 Å². The monoisotopic (exact) mass is 315 g/mol. The van der Waals surface area contributed by atoms with Crippen molar-refractivity contribution in [1.82, 2.24) is 0 Å². The number of carbonyl (C=O) groups excluding carboxylic acids is 1. The first-order chi connectivity index (χ1) is 11.1. The SMILES string of the molecule is CCOc1cc(/C=N/OC(=O)c2ccc(OC)cc2)ccc1O. The van der Waals surface area contributed by atoms with Gasteiger partial charge < -0.3 is 19.4 Å². The number of phenolic OH excluding ortho intramolecular Hbond substituents is 1. The highest BCUT2D eigenvalue weighted by molar-refractivity contribution is 5.90. The fourth-order valence-electron chi connectivity index (χ4n) is 1.80. The normalized spacial score (nSPS) is 10.5. The molecule has 23 heavy (non-hydrogen) atoms. The summed E-state index contributed by atoms with van der Waals surface area (Å²) < 4.78 is 10.3. The van der Waals surface area contributed by atoms with Crippen LogP contribution >= 0.6 is 0 Å². The predicted molar refractivity (Wildman–Crippen MR) is 85.3 cm³/mol. The van der Waals surface area contributed by atoms with E-state index in [-0.39, 0.29) is 5.75 Å². The molecule has 0 saturated carbocycles. The lowest BCUT2D eigenvalue weighted by molar-refractivity contribution is 0.0519.